The fraction of sp³-hybridized carbons (Fsp3) is 0.300. The van der Waals surface area contributed by atoms with Crippen LogP contribution in [0.25, 0.3) is 22.2 Å². The molecule has 1 aromatic heterocycles. The maximum atomic E-state index is 6.23. The van der Waals surface area contributed by atoms with E-state index in [1.54, 1.807) is 0 Å². The van der Waals surface area contributed by atoms with Gasteiger partial charge in [0.2, 0.25) is 5.95 Å². The molecule has 1 fully saturated rings. The molecule has 0 bridgehead atoms. The summed E-state index contributed by atoms with van der Waals surface area (Å²) in [7, 11) is 2.20. The van der Waals surface area contributed by atoms with Gasteiger partial charge in [-0.15, -0.1) is 0 Å². The third-order valence-electron chi connectivity index (χ3n) is 5.59. The lowest BCUT2D eigenvalue weighted by atomic mass is 9.85. The number of benzene rings is 2. The van der Waals surface area contributed by atoms with E-state index in [0.29, 0.717) is 11.1 Å². The van der Waals surface area contributed by atoms with E-state index in [4.69, 9.17) is 11.5 Å². The molecule has 1 aliphatic carbocycles. The molecule has 25 heavy (non-hydrogen) atoms. The molecule has 2 aliphatic rings. The Morgan fingerprint density at radius 2 is 1.92 bits per heavy atom. The third kappa shape index (κ3) is 2.19. The fourth-order valence-corrected chi connectivity index (χ4v) is 4.35. The molecule has 1 aliphatic heterocycles. The van der Waals surface area contributed by atoms with Crippen LogP contribution in [0.3, 0.4) is 0 Å². The molecule has 0 atom stereocenters. The first-order valence-electron chi connectivity index (χ1n) is 8.70. The van der Waals surface area contributed by atoms with E-state index in [0.717, 1.165) is 35.2 Å². The number of nitrogen functional groups attached to an aromatic ring is 2. The summed E-state index contributed by atoms with van der Waals surface area (Å²) in [6, 6.07) is 12.4. The molecule has 0 radical (unpaired) electrons. The minimum absolute atomic E-state index is 0.279. The second-order valence-corrected chi connectivity index (χ2v) is 7.50. The monoisotopic (exact) mass is 331 g/mol. The molecule has 126 valence electrons. The van der Waals surface area contributed by atoms with Gasteiger partial charge in [0, 0.05) is 35.1 Å². The van der Waals surface area contributed by atoms with Crippen molar-refractivity contribution in [3.8, 4) is 11.3 Å². The zero-order valence-corrected chi connectivity index (χ0v) is 14.3. The van der Waals surface area contributed by atoms with E-state index in [1.807, 2.05) is 18.2 Å². The normalized spacial score (nSPS) is 18.4. The Labute approximate surface area is 146 Å². The van der Waals surface area contributed by atoms with Gasteiger partial charge >= 0.3 is 0 Å². The highest BCUT2D eigenvalue weighted by atomic mass is 15.1. The standard InChI is InChI=1S/C20H21N5/c1-25-10-13-9-12(5-6-14(13)20(11-25)7-8-20)18-17-15(21)3-2-4-16(17)23-19(22)24-18/h2-6,9H,7-8,10-11,21H2,1H3,(H2,22,23,24). The Kier molecular flexibility index (Phi) is 2.89. The number of aromatic nitrogens is 2. The maximum absolute atomic E-state index is 6.23. The smallest absolute Gasteiger partial charge is 0.221 e. The van der Waals surface area contributed by atoms with Crippen LogP contribution >= 0.6 is 0 Å². The molecule has 2 heterocycles. The van der Waals surface area contributed by atoms with Crippen LogP contribution in [-0.4, -0.2) is 28.5 Å². The van der Waals surface area contributed by atoms with Gasteiger partial charge in [0.05, 0.1) is 11.2 Å². The van der Waals surface area contributed by atoms with Gasteiger partial charge in [-0.1, -0.05) is 18.2 Å². The SMILES string of the molecule is CN1Cc2cc(-c3nc(N)nc4cccc(N)c34)ccc2C2(CC2)C1. The molecule has 1 spiro atoms. The van der Waals surface area contributed by atoms with E-state index in [2.05, 4.69) is 40.1 Å². The van der Waals surface area contributed by atoms with Gasteiger partial charge in [-0.3, -0.25) is 0 Å². The molecular formula is C20H21N5. The number of nitrogens with zero attached hydrogens (tertiary/aromatic N) is 3. The molecule has 1 saturated carbocycles. The minimum atomic E-state index is 0.279. The van der Waals surface area contributed by atoms with Crippen LogP contribution in [0.4, 0.5) is 11.6 Å². The van der Waals surface area contributed by atoms with E-state index < -0.39 is 0 Å². The zero-order chi connectivity index (χ0) is 17.2. The van der Waals surface area contributed by atoms with Crippen molar-refractivity contribution < 1.29 is 0 Å². The van der Waals surface area contributed by atoms with Crippen LogP contribution in [0.1, 0.15) is 24.0 Å². The minimum Gasteiger partial charge on any atom is -0.398 e. The predicted octanol–water partition coefficient (Wildman–Crippen LogP) is 2.94. The topological polar surface area (TPSA) is 81.1 Å². The summed E-state index contributed by atoms with van der Waals surface area (Å²) in [5.41, 5.74) is 18.8. The lowest BCUT2D eigenvalue weighted by Crippen LogP contribution is -2.35. The van der Waals surface area contributed by atoms with Gasteiger partial charge < -0.3 is 16.4 Å². The van der Waals surface area contributed by atoms with Crippen LogP contribution in [0, 0.1) is 0 Å². The highest BCUT2D eigenvalue weighted by Crippen LogP contribution is 2.52. The van der Waals surface area contributed by atoms with Gasteiger partial charge in [-0.25, -0.2) is 9.97 Å². The van der Waals surface area contributed by atoms with Crippen molar-refractivity contribution >= 4 is 22.5 Å². The van der Waals surface area contributed by atoms with Crippen molar-refractivity contribution in [1.82, 2.24) is 14.9 Å². The van der Waals surface area contributed by atoms with E-state index in [-0.39, 0.29) is 5.95 Å². The van der Waals surface area contributed by atoms with Gasteiger partial charge in [0.25, 0.3) is 0 Å². The second-order valence-electron chi connectivity index (χ2n) is 7.50. The first kappa shape index (κ1) is 14.7. The Bertz CT molecular complexity index is 1010. The van der Waals surface area contributed by atoms with Crippen molar-refractivity contribution in [2.75, 3.05) is 25.1 Å². The number of likely N-dealkylation sites (N-methyl/N-ethyl adjacent to an activating group) is 1. The largest absolute Gasteiger partial charge is 0.398 e. The van der Waals surface area contributed by atoms with Crippen molar-refractivity contribution in [2.45, 2.75) is 24.8 Å². The van der Waals surface area contributed by atoms with Crippen LogP contribution in [0.5, 0.6) is 0 Å². The Balaban J connectivity index is 1.73. The number of rotatable bonds is 1. The lowest BCUT2D eigenvalue weighted by Gasteiger charge is -2.33. The number of hydrogen-bond donors (Lipinski definition) is 2. The average Bonchev–Trinajstić information content (AvgIpc) is 3.33. The van der Waals surface area contributed by atoms with Crippen molar-refractivity contribution in [1.29, 1.82) is 0 Å². The predicted molar refractivity (Wildman–Crippen MR) is 101 cm³/mol. The zero-order valence-electron chi connectivity index (χ0n) is 14.3. The van der Waals surface area contributed by atoms with Crippen LogP contribution in [0.15, 0.2) is 36.4 Å². The van der Waals surface area contributed by atoms with Crippen molar-refractivity contribution in [2.24, 2.45) is 0 Å². The maximum Gasteiger partial charge on any atom is 0.221 e. The van der Waals surface area contributed by atoms with Gasteiger partial charge in [0.15, 0.2) is 0 Å². The van der Waals surface area contributed by atoms with Gasteiger partial charge in [-0.2, -0.15) is 0 Å². The highest BCUT2D eigenvalue weighted by molar-refractivity contribution is 6.01. The summed E-state index contributed by atoms with van der Waals surface area (Å²) < 4.78 is 0. The quantitative estimate of drug-likeness (QED) is 0.670. The summed E-state index contributed by atoms with van der Waals surface area (Å²) >= 11 is 0. The molecule has 5 nitrogen and oxygen atoms in total. The summed E-state index contributed by atoms with van der Waals surface area (Å²) in [4.78, 5) is 11.3. The van der Waals surface area contributed by atoms with E-state index in [9.17, 15) is 0 Å². The molecule has 0 saturated heterocycles. The number of fused-ring (bicyclic) bond motifs is 3. The first-order chi connectivity index (χ1) is 12.1. The molecule has 5 heteroatoms. The number of anilines is 2. The molecule has 0 unspecified atom stereocenters. The van der Waals surface area contributed by atoms with Gasteiger partial charge in [0.1, 0.15) is 0 Å². The van der Waals surface area contributed by atoms with Crippen LogP contribution < -0.4 is 11.5 Å². The molecule has 2 aromatic carbocycles. The van der Waals surface area contributed by atoms with Gasteiger partial charge in [-0.05, 0) is 49.2 Å². The third-order valence-corrected chi connectivity index (χ3v) is 5.59. The van der Waals surface area contributed by atoms with Crippen LogP contribution in [-0.2, 0) is 12.0 Å². The average molecular weight is 331 g/mol. The Hall–Kier alpha value is -2.66. The molecule has 0 amide bonds. The fourth-order valence-electron chi connectivity index (χ4n) is 4.35. The first-order valence-corrected chi connectivity index (χ1v) is 8.70. The highest BCUT2D eigenvalue weighted by Gasteiger charge is 2.48. The van der Waals surface area contributed by atoms with E-state index >= 15 is 0 Å². The Morgan fingerprint density at radius 1 is 1.08 bits per heavy atom. The summed E-state index contributed by atoms with van der Waals surface area (Å²) in [6.45, 7) is 2.13. The second kappa shape index (κ2) is 4.92. The van der Waals surface area contributed by atoms with Crippen molar-refractivity contribution in [3.63, 3.8) is 0 Å². The van der Waals surface area contributed by atoms with Crippen LogP contribution in [0.2, 0.25) is 0 Å². The number of hydrogen-bond acceptors (Lipinski definition) is 5. The number of nitrogens with two attached hydrogens (primary N) is 2. The summed E-state index contributed by atoms with van der Waals surface area (Å²) in [6.07, 6.45) is 2.58. The Morgan fingerprint density at radius 3 is 2.72 bits per heavy atom. The molecule has 3 aromatic rings. The molecule has 5 rings (SSSR count). The summed E-state index contributed by atoms with van der Waals surface area (Å²) in [5.74, 6) is 0.279. The van der Waals surface area contributed by atoms with Crippen molar-refractivity contribution in [3.05, 3.63) is 47.5 Å². The lowest BCUT2D eigenvalue weighted by molar-refractivity contribution is 0.271. The van der Waals surface area contributed by atoms with E-state index in [1.165, 1.54) is 24.0 Å². The summed E-state index contributed by atoms with van der Waals surface area (Å²) in [5, 5.41) is 0.877. The molecular weight excluding hydrogens is 310 g/mol. The molecule has 4 N–H and O–H groups in total.